The molecule has 0 radical (unpaired) electrons. The Morgan fingerprint density at radius 3 is 2.61 bits per heavy atom. The molecule has 0 saturated carbocycles. The van der Waals surface area contributed by atoms with Gasteiger partial charge >= 0.3 is 5.97 Å². The van der Waals surface area contributed by atoms with E-state index in [1.165, 1.54) is 29.5 Å². The first kappa shape index (κ1) is 19.5. The summed E-state index contributed by atoms with van der Waals surface area (Å²) in [6, 6.07) is 14.9. The molecule has 0 spiro atoms. The van der Waals surface area contributed by atoms with Crippen molar-refractivity contribution in [1.29, 1.82) is 0 Å². The van der Waals surface area contributed by atoms with Gasteiger partial charge < -0.3 is 10.1 Å². The number of rotatable bonds is 6. The summed E-state index contributed by atoms with van der Waals surface area (Å²) in [5.74, 6) is -1.36. The molecule has 1 aromatic heterocycles. The van der Waals surface area contributed by atoms with Crippen LogP contribution in [0, 0.1) is 10.1 Å². The summed E-state index contributed by atoms with van der Waals surface area (Å²) in [5.41, 5.74) is 1.18. The third-order valence-electron chi connectivity index (χ3n) is 3.70. The molecule has 3 rings (SSSR count). The van der Waals surface area contributed by atoms with Gasteiger partial charge in [-0.25, -0.2) is 4.79 Å². The second-order valence-corrected chi connectivity index (χ2v) is 6.92. The zero-order chi connectivity index (χ0) is 20.1. The van der Waals surface area contributed by atoms with Crippen LogP contribution in [0.5, 0.6) is 0 Å². The number of hydrogen-bond acceptors (Lipinski definition) is 6. The minimum absolute atomic E-state index is 0.0698. The van der Waals surface area contributed by atoms with Crippen molar-refractivity contribution < 1.29 is 19.2 Å². The van der Waals surface area contributed by atoms with Crippen LogP contribution in [0.2, 0.25) is 5.02 Å². The Kier molecular flexibility index (Phi) is 6.03. The van der Waals surface area contributed by atoms with Gasteiger partial charge in [0.25, 0.3) is 11.6 Å². The monoisotopic (exact) mass is 416 g/mol. The van der Waals surface area contributed by atoms with E-state index in [0.29, 0.717) is 10.4 Å². The van der Waals surface area contributed by atoms with E-state index in [-0.39, 0.29) is 16.4 Å². The molecule has 142 valence electrons. The molecule has 7 nitrogen and oxygen atoms in total. The fourth-order valence-corrected chi connectivity index (χ4v) is 3.44. The first-order valence-electron chi connectivity index (χ1n) is 7.99. The van der Waals surface area contributed by atoms with Crippen molar-refractivity contribution in [3.05, 3.63) is 80.0 Å². The average Bonchev–Trinajstić information content (AvgIpc) is 3.16. The second kappa shape index (κ2) is 8.64. The van der Waals surface area contributed by atoms with Gasteiger partial charge in [-0.05, 0) is 29.1 Å². The van der Waals surface area contributed by atoms with Gasteiger partial charge in [-0.1, -0.05) is 41.9 Å². The van der Waals surface area contributed by atoms with Crippen LogP contribution in [0.15, 0.2) is 60.0 Å². The highest BCUT2D eigenvalue weighted by atomic mass is 35.5. The lowest BCUT2D eigenvalue weighted by molar-refractivity contribution is -0.383. The molecule has 0 bridgehead atoms. The molecule has 9 heteroatoms. The van der Waals surface area contributed by atoms with Crippen molar-refractivity contribution in [2.24, 2.45) is 0 Å². The van der Waals surface area contributed by atoms with Crippen LogP contribution in [0.3, 0.4) is 0 Å². The van der Waals surface area contributed by atoms with Crippen LogP contribution in [-0.4, -0.2) is 23.4 Å². The minimum atomic E-state index is -0.712. The Bertz CT molecular complexity index is 1040. The van der Waals surface area contributed by atoms with E-state index in [1.807, 2.05) is 30.3 Å². The van der Waals surface area contributed by atoms with E-state index in [9.17, 15) is 19.7 Å². The highest BCUT2D eigenvalue weighted by Crippen LogP contribution is 2.29. The Balaban J connectivity index is 1.67. The number of esters is 1. The largest absolute Gasteiger partial charge is 0.451 e. The molecule has 1 N–H and O–H groups in total. The molecule has 0 fully saturated rings. The quantitative estimate of drug-likeness (QED) is 0.354. The summed E-state index contributed by atoms with van der Waals surface area (Å²) < 4.78 is 5.07. The normalized spacial score (nSPS) is 10.3. The summed E-state index contributed by atoms with van der Waals surface area (Å²) in [6.45, 7) is -0.589. The number of halogens is 1. The highest BCUT2D eigenvalue weighted by Gasteiger charge is 2.19. The molecular weight excluding hydrogens is 404 g/mol. The zero-order valence-electron chi connectivity index (χ0n) is 14.3. The first-order valence-corrected chi connectivity index (χ1v) is 9.25. The molecule has 0 atom stereocenters. The number of benzene rings is 2. The van der Waals surface area contributed by atoms with Gasteiger partial charge in [0.05, 0.1) is 4.92 Å². The van der Waals surface area contributed by atoms with E-state index in [0.717, 1.165) is 5.56 Å². The van der Waals surface area contributed by atoms with Crippen molar-refractivity contribution in [3.8, 4) is 11.1 Å². The van der Waals surface area contributed by atoms with Gasteiger partial charge in [-0.15, -0.1) is 11.3 Å². The number of nitrogens with zero attached hydrogens (tertiary/aromatic N) is 1. The van der Waals surface area contributed by atoms with Crippen molar-refractivity contribution in [2.75, 3.05) is 11.9 Å². The van der Waals surface area contributed by atoms with Gasteiger partial charge in [0, 0.05) is 16.7 Å². The average molecular weight is 417 g/mol. The summed E-state index contributed by atoms with van der Waals surface area (Å²) in [6.07, 6.45) is 0. The Hall–Kier alpha value is -3.23. The topological polar surface area (TPSA) is 98.5 Å². The molecule has 1 heterocycles. The van der Waals surface area contributed by atoms with Crippen LogP contribution in [-0.2, 0) is 9.53 Å². The fourth-order valence-electron chi connectivity index (χ4n) is 2.46. The van der Waals surface area contributed by atoms with E-state index in [2.05, 4.69) is 5.32 Å². The standard InChI is InChI=1S/C19H13ClN2O5S/c20-13-6-7-16(22(25)26)15(10-13)21-17(23)11-27-19(24)18-14(8-9-28-18)12-4-2-1-3-5-12/h1-10H,11H2,(H,21,23). The number of amides is 1. The first-order chi connectivity index (χ1) is 13.5. The molecule has 1 amide bonds. The van der Waals surface area contributed by atoms with Gasteiger partial charge in [-0.2, -0.15) is 0 Å². The SMILES string of the molecule is O=C(COC(=O)c1sccc1-c1ccccc1)Nc1cc(Cl)ccc1[N+](=O)[O-]. The van der Waals surface area contributed by atoms with E-state index < -0.39 is 23.4 Å². The van der Waals surface area contributed by atoms with Gasteiger partial charge in [0.2, 0.25) is 0 Å². The predicted molar refractivity (Wildman–Crippen MR) is 107 cm³/mol. The van der Waals surface area contributed by atoms with Gasteiger partial charge in [0.1, 0.15) is 10.6 Å². The highest BCUT2D eigenvalue weighted by molar-refractivity contribution is 7.12. The van der Waals surface area contributed by atoms with Crippen molar-refractivity contribution >= 4 is 46.2 Å². The summed E-state index contributed by atoms with van der Waals surface area (Å²) >= 11 is 7.02. The maximum absolute atomic E-state index is 12.4. The fraction of sp³-hybridized carbons (Fsp3) is 0.0526. The van der Waals surface area contributed by atoms with E-state index in [4.69, 9.17) is 16.3 Å². The number of nitro groups is 1. The lowest BCUT2D eigenvalue weighted by Gasteiger charge is -2.08. The van der Waals surface area contributed by atoms with Crippen molar-refractivity contribution in [1.82, 2.24) is 0 Å². The molecule has 28 heavy (non-hydrogen) atoms. The Morgan fingerprint density at radius 1 is 1.14 bits per heavy atom. The molecule has 2 aromatic carbocycles. The summed E-state index contributed by atoms with van der Waals surface area (Å²) in [4.78, 5) is 35.2. The summed E-state index contributed by atoms with van der Waals surface area (Å²) in [5, 5.41) is 15.4. The maximum Gasteiger partial charge on any atom is 0.349 e. The number of thiophene rings is 1. The zero-order valence-corrected chi connectivity index (χ0v) is 15.8. The number of nitrogens with one attached hydrogen (secondary N) is 1. The van der Waals surface area contributed by atoms with E-state index >= 15 is 0 Å². The summed E-state index contributed by atoms with van der Waals surface area (Å²) in [7, 11) is 0. The van der Waals surface area contributed by atoms with Crippen LogP contribution in [0.1, 0.15) is 9.67 Å². The van der Waals surface area contributed by atoms with Crippen molar-refractivity contribution in [2.45, 2.75) is 0 Å². The number of ether oxygens (including phenoxy) is 1. The Morgan fingerprint density at radius 2 is 1.89 bits per heavy atom. The molecule has 0 unspecified atom stereocenters. The lowest BCUT2D eigenvalue weighted by atomic mass is 10.1. The van der Waals surface area contributed by atoms with Gasteiger partial charge in [0.15, 0.2) is 6.61 Å². The van der Waals surface area contributed by atoms with Crippen LogP contribution < -0.4 is 5.32 Å². The smallest absolute Gasteiger partial charge is 0.349 e. The van der Waals surface area contributed by atoms with Crippen LogP contribution >= 0.6 is 22.9 Å². The minimum Gasteiger partial charge on any atom is -0.451 e. The molecule has 0 saturated heterocycles. The number of carbonyl (C=O) groups is 2. The predicted octanol–water partition coefficient (Wildman–Crippen LogP) is 4.77. The molecule has 3 aromatic rings. The van der Waals surface area contributed by atoms with Crippen molar-refractivity contribution in [3.63, 3.8) is 0 Å². The number of nitro benzene ring substituents is 1. The third-order valence-corrected chi connectivity index (χ3v) is 4.83. The van der Waals surface area contributed by atoms with E-state index in [1.54, 1.807) is 11.4 Å². The molecule has 0 aliphatic carbocycles. The second-order valence-electron chi connectivity index (χ2n) is 5.57. The van der Waals surface area contributed by atoms with Crippen LogP contribution in [0.4, 0.5) is 11.4 Å². The Labute approximate surface area is 168 Å². The number of carbonyl (C=O) groups excluding carboxylic acids is 2. The third kappa shape index (κ3) is 4.54. The van der Waals surface area contributed by atoms with Crippen LogP contribution in [0.25, 0.3) is 11.1 Å². The molecule has 0 aliphatic rings. The molecular formula is C19H13ClN2O5S. The molecule has 0 aliphatic heterocycles. The lowest BCUT2D eigenvalue weighted by Crippen LogP contribution is -2.21. The van der Waals surface area contributed by atoms with Gasteiger partial charge in [-0.3, -0.25) is 14.9 Å². The number of hydrogen-bond donors (Lipinski definition) is 1. The number of anilines is 1. The maximum atomic E-state index is 12.4.